The van der Waals surface area contributed by atoms with Crippen molar-refractivity contribution in [1.82, 2.24) is 4.57 Å². The molecule has 0 saturated carbocycles. The number of hydrogen-bond acceptors (Lipinski definition) is 4. The Morgan fingerprint density at radius 3 is 2.55 bits per heavy atom. The number of thiazole rings is 1. The molecule has 2 rings (SSSR count). The molecular formula is C16H18N2O3S. The summed E-state index contributed by atoms with van der Waals surface area (Å²) in [5.74, 6) is 3.51. The highest BCUT2D eigenvalue weighted by Gasteiger charge is 2.13. The summed E-state index contributed by atoms with van der Waals surface area (Å²) < 4.78 is 13.4. The van der Waals surface area contributed by atoms with E-state index in [1.165, 1.54) is 11.3 Å². The molecule has 0 aliphatic rings. The summed E-state index contributed by atoms with van der Waals surface area (Å²) >= 11 is 1.40. The molecule has 0 radical (unpaired) electrons. The summed E-state index contributed by atoms with van der Waals surface area (Å²) in [6.45, 7) is 3.97. The Hall–Kier alpha value is -2.26. The largest absolute Gasteiger partial charge is 0.493 e. The van der Waals surface area contributed by atoms with Crippen molar-refractivity contribution in [3.63, 3.8) is 0 Å². The van der Waals surface area contributed by atoms with Crippen molar-refractivity contribution in [2.24, 2.45) is 10.9 Å². The first-order chi connectivity index (χ1) is 10.5. The molecule has 0 spiro atoms. The summed E-state index contributed by atoms with van der Waals surface area (Å²) in [4.78, 5) is 16.7. The summed E-state index contributed by atoms with van der Waals surface area (Å²) in [5, 5.41) is 0. The maximum absolute atomic E-state index is 11.9. The van der Waals surface area contributed by atoms with Crippen LogP contribution in [0.25, 0.3) is 10.2 Å². The van der Waals surface area contributed by atoms with E-state index in [9.17, 15) is 4.79 Å². The van der Waals surface area contributed by atoms with Crippen molar-refractivity contribution in [3.8, 4) is 23.8 Å². The molecule has 116 valence electrons. The number of carbonyl (C=O) groups excluding carboxylic acids is 1. The topological polar surface area (TPSA) is 52.8 Å². The lowest BCUT2D eigenvalue weighted by Gasteiger charge is -2.08. The van der Waals surface area contributed by atoms with Crippen molar-refractivity contribution < 1.29 is 14.3 Å². The number of carbonyl (C=O) groups is 1. The van der Waals surface area contributed by atoms with Gasteiger partial charge in [-0.2, -0.15) is 4.99 Å². The molecule has 1 aromatic heterocycles. The maximum Gasteiger partial charge on any atom is 0.250 e. The third-order valence-corrected chi connectivity index (χ3v) is 4.18. The molecule has 0 unspecified atom stereocenters. The summed E-state index contributed by atoms with van der Waals surface area (Å²) in [7, 11) is 3.16. The van der Waals surface area contributed by atoms with Gasteiger partial charge < -0.3 is 14.0 Å². The molecule has 1 aromatic carbocycles. The van der Waals surface area contributed by atoms with Crippen LogP contribution in [0.3, 0.4) is 0 Å². The molecule has 0 aliphatic carbocycles. The van der Waals surface area contributed by atoms with E-state index in [4.69, 9.17) is 15.9 Å². The number of nitrogens with zero attached hydrogens (tertiary/aromatic N) is 2. The van der Waals surface area contributed by atoms with Gasteiger partial charge in [0.15, 0.2) is 16.3 Å². The van der Waals surface area contributed by atoms with Crippen molar-refractivity contribution in [2.75, 3.05) is 14.2 Å². The third kappa shape index (κ3) is 3.00. The number of methoxy groups -OCH3 is 2. The second kappa shape index (κ2) is 6.67. The van der Waals surface area contributed by atoms with E-state index in [0.29, 0.717) is 22.8 Å². The highest BCUT2D eigenvalue weighted by molar-refractivity contribution is 7.16. The van der Waals surface area contributed by atoms with E-state index in [-0.39, 0.29) is 11.8 Å². The lowest BCUT2D eigenvalue weighted by atomic mass is 10.2. The van der Waals surface area contributed by atoms with Crippen LogP contribution in [-0.4, -0.2) is 24.7 Å². The van der Waals surface area contributed by atoms with Crippen LogP contribution in [0.5, 0.6) is 11.5 Å². The van der Waals surface area contributed by atoms with E-state index in [2.05, 4.69) is 10.9 Å². The molecular weight excluding hydrogens is 300 g/mol. The number of ether oxygens (including phenoxy) is 2. The Kier molecular flexibility index (Phi) is 4.88. The molecule has 5 nitrogen and oxygen atoms in total. The zero-order valence-electron chi connectivity index (χ0n) is 13.0. The number of fused-ring (bicyclic) bond motifs is 1. The first-order valence-corrected chi connectivity index (χ1v) is 7.60. The Morgan fingerprint density at radius 2 is 2.00 bits per heavy atom. The quantitative estimate of drug-likeness (QED) is 0.814. The molecule has 1 amide bonds. The molecule has 22 heavy (non-hydrogen) atoms. The fourth-order valence-corrected chi connectivity index (χ4v) is 2.99. The summed E-state index contributed by atoms with van der Waals surface area (Å²) in [5.41, 5.74) is 0.871. The Balaban J connectivity index is 2.75. The Bertz CT molecular complexity index is 809. The lowest BCUT2D eigenvalue weighted by molar-refractivity contribution is -0.120. The van der Waals surface area contributed by atoms with Gasteiger partial charge in [-0.3, -0.25) is 4.79 Å². The maximum atomic E-state index is 11.9. The molecule has 6 heteroatoms. The highest BCUT2D eigenvalue weighted by atomic mass is 32.1. The average molecular weight is 318 g/mol. The van der Waals surface area contributed by atoms with Gasteiger partial charge >= 0.3 is 0 Å². The minimum atomic E-state index is -0.170. The lowest BCUT2D eigenvalue weighted by Crippen LogP contribution is -2.18. The van der Waals surface area contributed by atoms with Gasteiger partial charge in [-0.25, -0.2) is 0 Å². The first-order valence-electron chi connectivity index (χ1n) is 6.79. The van der Waals surface area contributed by atoms with Crippen LogP contribution in [0.15, 0.2) is 17.1 Å². The standard InChI is InChI=1S/C16H18N2O3S/c1-6-7-18-11-8-12(20-4)13(21-5)9-14(11)22-16(18)17-15(19)10(2)3/h1,8-10H,7H2,2-5H3. The Morgan fingerprint density at radius 1 is 1.36 bits per heavy atom. The molecule has 0 aliphatic heterocycles. The minimum Gasteiger partial charge on any atom is -0.493 e. The van der Waals surface area contributed by atoms with E-state index < -0.39 is 0 Å². The van der Waals surface area contributed by atoms with Crippen molar-refractivity contribution in [1.29, 1.82) is 0 Å². The highest BCUT2D eigenvalue weighted by Crippen LogP contribution is 2.33. The van der Waals surface area contributed by atoms with Crippen LogP contribution in [0.4, 0.5) is 0 Å². The summed E-state index contributed by atoms with van der Waals surface area (Å²) in [6, 6.07) is 3.71. The Labute approximate surface area is 133 Å². The van der Waals surface area contributed by atoms with Crippen LogP contribution < -0.4 is 14.3 Å². The second-order valence-corrected chi connectivity index (χ2v) is 5.96. The van der Waals surface area contributed by atoms with Gasteiger partial charge in [0, 0.05) is 18.1 Å². The molecule has 0 atom stereocenters. The minimum absolute atomic E-state index is 0.159. The molecule has 0 fully saturated rings. The molecule has 1 heterocycles. The zero-order valence-corrected chi connectivity index (χ0v) is 13.9. The second-order valence-electron chi connectivity index (χ2n) is 4.95. The van der Waals surface area contributed by atoms with Crippen molar-refractivity contribution >= 4 is 27.5 Å². The SMILES string of the molecule is C#CCn1c(=NC(=O)C(C)C)sc2cc(OC)c(OC)cc21. The van der Waals surface area contributed by atoms with E-state index in [1.807, 2.05) is 30.5 Å². The predicted molar refractivity (Wildman–Crippen MR) is 87.2 cm³/mol. The zero-order chi connectivity index (χ0) is 16.3. The van der Waals surface area contributed by atoms with Gasteiger partial charge in [-0.15, -0.1) is 6.42 Å². The first kappa shape index (κ1) is 16.1. The number of rotatable bonds is 4. The van der Waals surface area contributed by atoms with Gasteiger partial charge in [-0.05, 0) is 0 Å². The fraction of sp³-hybridized carbons (Fsp3) is 0.375. The molecule has 2 aromatic rings. The normalized spacial score (nSPS) is 11.7. The van der Waals surface area contributed by atoms with Gasteiger partial charge in [0.1, 0.15) is 0 Å². The average Bonchev–Trinajstić information content (AvgIpc) is 2.82. The van der Waals surface area contributed by atoms with Crippen molar-refractivity contribution in [2.45, 2.75) is 20.4 Å². The van der Waals surface area contributed by atoms with Gasteiger partial charge in [0.25, 0.3) is 5.91 Å². The predicted octanol–water partition coefficient (Wildman–Crippen LogP) is 2.44. The number of terminal acetylenes is 1. The number of amides is 1. The number of benzene rings is 1. The molecule has 0 N–H and O–H groups in total. The fourth-order valence-electron chi connectivity index (χ4n) is 1.95. The molecule has 0 saturated heterocycles. The van der Waals surface area contributed by atoms with E-state index in [0.717, 1.165) is 10.2 Å². The summed E-state index contributed by atoms with van der Waals surface area (Å²) in [6.07, 6.45) is 5.45. The van der Waals surface area contributed by atoms with Gasteiger partial charge in [0.05, 0.1) is 31.0 Å². The van der Waals surface area contributed by atoms with Crippen LogP contribution in [0.2, 0.25) is 0 Å². The van der Waals surface area contributed by atoms with Crippen LogP contribution in [-0.2, 0) is 11.3 Å². The van der Waals surface area contributed by atoms with E-state index >= 15 is 0 Å². The van der Waals surface area contributed by atoms with Gasteiger partial charge in [-0.1, -0.05) is 31.1 Å². The van der Waals surface area contributed by atoms with Gasteiger partial charge in [0.2, 0.25) is 0 Å². The van der Waals surface area contributed by atoms with E-state index in [1.54, 1.807) is 14.2 Å². The number of aromatic nitrogens is 1. The van der Waals surface area contributed by atoms with Crippen molar-refractivity contribution in [3.05, 3.63) is 16.9 Å². The third-order valence-electron chi connectivity index (χ3n) is 3.14. The molecule has 0 bridgehead atoms. The smallest absolute Gasteiger partial charge is 0.250 e. The van der Waals surface area contributed by atoms with Crippen LogP contribution in [0, 0.1) is 18.3 Å². The van der Waals surface area contributed by atoms with Crippen LogP contribution >= 0.6 is 11.3 Å². The monoisotopic (exact) mass is 318 g/mol. The van der Waals surface area contributed by atoms with Crippen LogP contribution in [0.1, 0.15) is 13.8 Å². The number of hydrogen-bond donors (Lipinski definition) is 0.